The van der Waals surface area contributed by atoms with E-state index in [2.05, 4.69) is 0 Å². The highest BCUT2D eigenvalue weighted by atomic mass is 16.2. The molecule has 0 aliphatic carbocycles. The van der Waals surface area contributed by atoms with Gasteiger partial charge in [-0.25, -0.2) is 4.79 Å². The lowest BCUT2D eigenvalue weighted by atomic mass is 10.1. The summed E-state index contributed by atoms with van der Waals surface area (Å²) in [6.07, 6.45) is 4.07. The summed E-state index contributed by atoms with van der Waals surface area (Å²) in [4.78, 5) is 27.2. The molecule has 2 rings (SSSR count). The summed E-state index contributed by atoms with van der Waals surface area (Å²) in [7, 11) is 0. The van der Waals surface area contributed by atoms with Gasteiger partial charge >= 0.3 is 6.03 Å². The fraction of sp³-hybridized carbons (Fsp3) is 0.818. The van der Waals surface area contributed by atoms with E-state index in [0.717, 1.165) is 32.2 Å². The van der Waals surface area contributed by atoms with Crippen molar-refractivity contribution in [2.45, 2.75) is 51.6 Å². The van der Waals surface area contributed by atoms with Gasteiger partial charge in [0.1, 0.15) is 6.04 Å². The number of carbonyl (C=O) groups is 2. The van der Waals surface area contributed by atoms with Gasteiger partial charge in [-0.15, -0.1) is 0 Å². The van der Waals surface area contributed by atoms with Gasteiger partial charge in [0.25, 0.3) is 5.91 Å². The minimum atomic E-state index is -0.164. The van der Waals surface area contributed by atoms with Gasteiger partial charge in [0.2, 0.25) is 0 Å². The van der Waals surface area contributed by atoms with Crippen molar-refractivity contribution in [3.63, 3.8) is 0 Å². The Kier molecular flexibility index (Phi) is 2.67. The molecular formula is C11H18N2O2. The molecule has 2 aliphatic heterocycles. The van der Waals surface area contributed by atoms with E-state index in [1.807, 2.05) is 13.8 Å². The minimum absolute atomic E-state index is 0.0110. The molecule has 0 aromatic carbocycles. The summed E-state index contributed by atoms with van der Waals surface area (Å²) in [5.41, 5.74) is 0. The summed E-state index contributed by atoms with van der Waals surface area (Å²) in [5.74, 6) is 0.0110. The Hall–Kier alpha value is -1.06. The van der Waals surface area contributed by atoms with Gasteiger partial charge in [0.15, 0.2) is 0 Å². The Morgan fingerprint density at radius 2 is 1.93 bits per heavy atom. The molecule has 15 heavy (non-hydrogen) atoms. The number of rotatable bonds is 1. The van der Waals surface area contributed by atoms with Crippen LogP contribution < -0.4 is 0 Å². The average Bonchev–Trinajstić information content (AvgIpc) is 2.40. The molecule has 0 bridgehead atoms. The van der Waals surface area contributed by atoms with Crippen LogP contribution in [0.2, 0.25) is 0 Å². The quantitative estimate of drug-likeness (QED) is 0.617. The molecule has 2 fully saturated rings. The van der Waals surface area contributed by atoms with Crippen LogP contribution in [0, 0.1) is 0 Å². The highest BCUT2D eigenvalue weighted by Crippen LogP contribution is 2.27. The first-order valence-corrected chi connectivity index (χ1v) is 5.76. The van der Waals surface area contributed by atoms with Crippen molar-refractivity contribution in [2.75, 3.05) is 6.54 Å². The Balaban J connectivity index is 2.23. The van der Waals surface area contributed by atoms with Gasteiger partial charge in [-0.05, 0) is 26.7 Å². The van der Waals surface area contributed by atoms with Gasteiger partial charge in [-0.1, -0.05) is 12.8 Å². The first-order valence-electron chi connectivity index (χ1n) is 5.76. The van der Waals surface area contributed by atoms with Crippen LogP contribution >= 0.6 is 0 Å². The number of carbonyl (C=O) groups excluding carboxylic acids is 2. The first-order chi connectivity index (χ1) is 7.13. The van der Waals surface area contributed by atoms with E-state index in [4.69, 9.17) is 0 Å². The van der Waals surface area contributed by atoms with Crippen LogP contribution in [0.15, 0.2) is 0 Å². The van der Waals surface area contributed by atoms with Crippen LogP contribution in [0.5, 0.6) is 0 Å². The molecular weight excluding hydrogens is 192 g/mol. The molecule has 0 N–H and O–H groups in total. The number of urea groups is 1. The van der Waals surface area contributed by atoms with Crippen molar-refractivity contribution in [1.82, 2.24) is 9.80 Å². The molecule has 1 atom stereocenters. The van der Waals surface area contributed by atoms with Crippen LogP contribution in [-0.2, 0) is 4.79 Å². The maximum atomic E-state index is 12.0. The number of nitrogens with zero attached hydrogens (tertiary/aromatic N) is 2. The summed E-state index contributed by atoms with van der Waals surface area (Å²) < 4.78 is 0. The zero-order valence-corrected chi connectivity index (χ0v) is 9.40. The Morgan fingerprint density at radius 1 is 1.20 bits per heavy atom. The summed E-state index contributed by atoms with van der Waals surface area (Å²) in [6, 6.07) is -0.263. The van der Waals surface area contributed by atoms with Crippen LogP contribution in [-0.4, -0.2) is 40.4 Å². The lowest BCUT2D eigenvalue weighted by Crippen LogP contribution is -2.38. The third-order valence-corrected chi connectivity index (χ3v) is 3.24. The topological polar surface area (TPSA) is 40.6 Å². The highest BCUT2D eigenvalue weighted by molar-refractivity contribution is 6.04. The number of fused-ring (bicyclic) bond motifs is 1. The van der Waals surface area contributed by atoms with Crippen LogP contribution in [0.4, 0.5) is 4.79 Å². The third kappa shape index (κ3) is 1.62. The SMILES string of the molecule is CC(C)N1C(=O)C2CCCCCN2C1=O. The molecule has 2 aliphatic rings. The highest BCUT2D eigenvalue weighted by Gasteiger charge is 2.45. The molecule has 2 heterocycles. The standard InChI is InChI=1S/C11H18N2O2/c1-8(2)13-10(14)9-6-4-3-5-7-12(9)11(13)15/h8-9H,3-7H2,1-2H3. The van der Waals surface area contributed by atoms with Gasteiger partial charge < -0.3 is 4.90 Å². The molecule has 0 spiro atoms. The fourth-order valence-electron chi connectivity index (χ4n) is 2.46. The maximum absolute atomic E-state index is 12.0. The molecule has 0 aromatic rings. The monoisotopic (exact) mass is 210 g/mol. The first kappa shape index (κ1) is 10.5. The van der Waals surface area contributed by atoms with E-state index in [1.54, 1.807) is 4.90 Å². The van der Waals surface area contributed by atoms with Crippen LogP contribution in [0.25, 0.3) is 0 Å². The molecule has 4 nitrogen and oxygen atoms in total. The van der Waals surface area contributed by atoms with Gasteiger partial charge in [0, 0.05) is 12.6 Å². The smallest absolute Gasteiger partial charge is 0.312 e. The maximum Gasteiger partial charge on any atom is 0.327 e. The predicted octanol–water partition coefficient (Wildman–Crippen LogP) is 1.60. The summed E-state index contributed by atoms with van der Waals surface area (Å²) in [6.45, 7) is 4.53. The zero-order chi connectivity index (χ0) is 11.0. The second-order valence-electron chi connectivity index (χ2n) is 4.64. The Morgan fingerprint density at radius 3 is 2.60 bits per heavy atom. The normalized spacial score (nSPS) is 27.3. The van der Waals surface area contributed by atoms with Crippen molar-refractivity contribution in [2.24, 2.45) is 0 Å². The van der Waals surface area contributed by atoms with E-state index in [9.17, 15) is 9.59 Å². The second kappa shape index (κ2) is 3.83. The number of hydrogen-bond donors (Lipinski definition) is 0. The number of hydrogen-bond acceptors (Lipinski definition) is 2. The third-order valence-electron chi connectivity index (χ3n) is 3.24. The molecule has 1 unspecified atom stereocenters. The van der Waals surface area contributed by atoms with Gasteiger partial charge in [-0.2, -0.15) is 0 Å². The van der Waals surface area contributed by atoms with Crippen molar-refractivity contribution in [1.29, 1.82) is 0 Å². The number of imide groups is 1. The molecule has 84 valence electrons. The predicted molar refractivity (Wildman–Crippen MR) is 56.3 cm³/mol. The Labute approximate surface area is 90.2 Å². The van der Waals surface area contributed by atoms with E-state index >= 15 is 0 Å². The van der Waals surface area contributed by atoms with Gasteiger partial charge in [0.05, 0.1) is 0 Å². The van der Waals surface area contributed by atoms with Crippen LogP contribution in [0.3, 0.4) is 0 Å². The lowest BCUT2D eigenvalue weighted by Gasteiger charge is -2.19. The molecule has 0 saturated carbocycles. The van der Waals surface area contributed by atoms with E-state index < -0.39 is 0 Å². The Bertz CT molecular complexity index is 264. The lowest BCUT2D eigenvalue weighted by molar-refractivity contribution is -0.129. The van der Waals surface area contributed by atoms with Gasteiger partial charge in [-0.3, -0.25) is 9.69 Å². The zero-order valence-electron chi connectivity index (χ0n) is 9.40. The minimum Gasteiger partial charge on any atom is -0.312 e. The second-order valence-corrected chi connectivity index (χ2v) is 4.64. The fourth-order valence-corrected chi connectivity index (χ4v) is 2.46. The van der Waals surface area contributed by atoms with E-state index in [1.165, 1.54) is 4.90 Å². The molecule has 0 aromatic heterocycles. The molecule has 4 heteroatoms. The van der Waals surface area contributed by atoms with E-state index in [0.29, 0.717) is 0 Å². The van der Waals surface area contributed by atoms with Crippen molar-refractivity contribution >= 4 is 11.9 Å². The van der Waals surface area contributed by atoms with Crippen LogP contribution in [0.1, 0.15) is 39.5 Å². The summed E-state index contributed by atoms with van der Waals surface area (Å²) >= 11 is 0. The molecule has 0 radical (unpaired) electrons. The molecule has 3 amide bonds. The van der Waals surface area contributed by atoms with Crippen molar-refractivity contribution in [3.05, 3.63) is 0 Å². The van der Waals surface area contributed by atoms with Crippen molar-refractivity contribution in [3.8, 4) is 0 Å². The largest absolute Gasteiger partial charge is 0.327 e. The number of amides is 3. The van der Waals surface area contributed by atoms with E-state index in [-0.39, 0.29) is 24.0 Å². The summed E-state index contributed by atoms with van der Waals surface area (Å²) in [5, 5.41) is 0. The molecule has 2 saturated heterocycles. The van der Waals surface area contributed by atoms with Crippen molar-refractivity contribution < 1.29 is 9.59 Å². The average molecular weight is 210 g/mol.